The van der Waals surface area contributed by atoms with Gasteiger partial charge < -0.3 is 33.2 Å². The molecule has 0 aromatic heterocycles. The van der Waals surface area contributed by atoms with Crippen LogP contribution in [0.1, 0.15) is 83.1 Å². The van der Waals surface area contributed by atoms with E-state index in [-0.39, 0.29) is 0 Å². The Morgan fingerprint density at radius 2 is 0.434 bits per heavy atom. The Balaban J connectivity index is 7.13. The van der Waals surface area contributed by atoms with Gasteiger partial charge in [0, 0.05) is 0 Å². The molecule has 0 rings (SSSR count). The smallest absolute Gasteiger partial charge is 0.321 e. The number of carbonyl (C=O) groups excluding carboxylic acids is 6. The van der Waals surface area contributed by atoms with Gasteiger partial charge in [0.1, 0.15) is 68.1 Å². The molecule has 0 amide bonds. The Morgan fingerprint density at radius 1 is 0.302 bits per heavy atom. The van der Waals surface area contributed by atoms with Crippen molar-refractivity contribution in [1.82, 2.24) is 0 Å². The molecule has 0 aromatic rings. The summed E-state index contributed by atoms with van der Waals surface area (Å²) >= 11 is 25.7. The van der Waals surface area contributed by atoms with Crippen molar-refractivity contribution in [1.29, 1.82) is 0 Å². The normalized spacial score (nSPS) is 13.5. The van der Waals surface area contributed by atoms with E-state index in [2.05, 4.69) is 75.8 Å². The first-order valence-corrected chi connectivity index (χ1v) is 19.1. The minimum absolute atomic E-state index is 0.445. The lowest BCUT2D eigenvalue weighted by Crippen LogP contribution is -2.49. The van der Waals surface area contributed by atoms with Crippen LogP contribution >= 0.6 is 75.8 Å². The van der Waals surface area contributed by atoms with Gasteiger partial charge in [0.15, 0.2) is 0 Å². The summed E-state index contributed by atoms with van der Waals surface area (Å²) < 4.78 is 32.3. The Bertz CT molecular complexity index is 1050. The van der Waals surface area contributed by atoms with E-state index in [1.165, 1.54) is 83.1 Å². The molecule has 0 fully saturated rings. The number of hydrogen-bond acceptors (Lipinski definition) is 19. The molecule has 53 heavy (non-hydrogen) atoms. The van der Waals surface area contributed by atoms with Gasteiger partial charge in [-0.05, 0) is 83.1 Å². The van der Waals surface area contributed by atoms with Crippen LogP contribution < -0.4 is 0 Å². The molecule has 13 nitrogen and oxygen atoms in total. The number of thiol groups is 6. The molecule has 0 unspecified atom stereocenters. The molecule has 0 aliphatic rings. The second kappa shape index (κ2) is 19.8. The van der Waals surface area contributed by atoms with Crippen LogP contribution in [-0.2, 0) is 61.9 Å². The van der Waals surface area contributed by atoms with Crippen molar-refractivity contribution in [3.8, 4) is 0 Å². The molecule has 0 aliphatic heterocycles. The molecule has 19 heteroatoms. The summed E-state index contributed by atoms with van der Waals surface area (Å²) in [5.74, 6) is -4.47. The molecule has 0 saturated heterocycles. The third-order valence-electron chi connectivity index (χ3n) is 6.87. The van der Waals surface area contributed by atoms with E-state index < -0.39 is 128 Å². The van der Waals surface area contributed by atoms with Gasteiger partial charge in [-0.25, -0.2) is 0 Å². The van der Waals surface area contributed by atoms with E-state index in [1.807, 2.05) is 0 Å². The van der Waals surface area contributed by atoms with Crippen LogP contribution in [0.3, 0.4) is 0 Å². The number of ether oxygens (including phenoxy) is 7. The first-order chi connectivity index (χ1) is 23.5. The molecule has 0 spiro atoms. The lowest BCUT2D eigenvalue weighted by atomic mass is 9.90. The van der Waals surface area contributed by atoms with Gasteiger partial charge >= 0.3 is 35.8 Å². The Morgan fingerprint density at radius 3 is 0.547 bits per heavy atom. The molecule has 308 valence electrons. The third kappa shape index (κ3) is 19.5. The van der Waals surface area contributed by atoms with Gasteiger partial charge in [-0.2, -0.15) is 75.8 Å². The maximum Gasteiger partial charge on any atom is 0.321 e. The highest BCUT2D eigenvalue weighted by Gasteiger charge is 2.44. The lowest BCUT2D eigenvalue weighted by molar-refractivity contribution is -0.177. The van der Waals surface area contributed by atoms with E-state index in [1.54, 1.807) is 0 Å². The van der Waals surface area contributed by atoms with Crippen molar-refractivity contribution >= 4 is 112 Å². The van der Waals surface area contributed by atoms with Crippen LogP contribution in [0.5, 0.6) is 0 Å². The average Bonchev–Trinajstić information content (AvgIpc) is 2.97. The molecule has 0 bridgehead atoms. The molecule has 0 aliphatic carbocycles. The quantitative estimate of drug-likeness (QED) is 0.0513. The zero-order chi connectivity index (χ0) is 42.1. The highest BCUT2D eigenvalue weighted by atomic mass is 32.1. The van der Waals surface area contributed by atoms with Crippen LogP contribution in [0.2, 0.25) is 0 Å². The SMILES string of the molecule is CC(C)(S)C(=O)OCC(COCC(COC(=O)C(C)(C)S)(COC(=O)C(C)(C)S)COC(=O)C(C)(C)S)(COC(=O)C(C)(C)S)COC(=O)C(C)(C)S. The van der Waals surface area contributed by atoms with Crippen molar-refractivity contribution in [2.75, 3.05) is 52.9 Å². The predicted molar refractivity (Wildman–Crippen MR) is 220 cm³/mol. The topological polar surface area (TPSA) is 167 Å². The molecule has 0 N–H and O–H groups in total. The van der Waals surface area contributed by atoms with Gasteiger partial charge in [0.25, 0.3) is 0 Å². The largest absolute Gasteiger partial charge is 0.464 e. The highest BCUT2D eigenvalue weighted by molar-refractivity contribution is 7.83. The minimum atomic E-state index is -1.57. The summed E-state index contributed by atoms with van der Waals surface area (Å²) in [5.41, 5.74) is -3.14. The monoisotopic (exact) mass is 866 g/mol. The van der Waals surface area contributed by atoms with Crippen LogP contribution in [0.15, 0.2) is 0 Å². The second-order valence-corrected chi connectivity index (χ2v) is 23.0. The third-order valence-corrected chi connectivity index (χ3v) is 7.97. The lowest BCUT2D eigenvalue weighted by Gasteiger charge is -2.37. The van der Waals surface area contributed by atoms with Crippen LogP contribution in [0.4, 0.5) is 0 Å². The summed E-state index contributed by atoms with van der Waals surface area (Å²) in [6, 6.07) is 0. The van der Waals surface area contributed by atoms with Gasteiger partial charge in [0.2, 0.25) is 0 Å². The van der Waals surface area contributed by atoms with E-state index >= 15 is 0 Å². The van der Waals surface area contributed by atoms with Crippen molar-refractivity contribution in [2.45, 2.75) is 112 Å². The first-order valence-electron chi connectivity index (χ1n) is 16.4. The molecule has 0 saturated carbocycles. The summed E-state index contributed by atoms with van der Waals surface area (Å²) in [7, 11) is 0. The highest BCUT2D eigenvalue weighted by Crippen LogP contribution is 2.30. The van der Waals surface area contributed by atoms with Crippen molar-refractivity contribution < 1.29 is 61.9 Å². The van der Waals surface area contributed by atoms with Crippen LogP contribution in [0, 0.1) is 10.8 Å². The van der Waals surface area contributed by atoms with E-state index in [4.69, 9.17) is 33.2 Å². The fourth-order valence-corrected chi connectivity index (χ4v) is 3.74. The fraction of sp³-hybridized carbons (Fsp3) is 0.824. The summed E-state index contributed by atoms with van der Waals surface area (Å²) in [6.45, 7) is 14.2. The van der Waals surface area contributed by atoms with E-state index in [9.17, 15) is 28.8 Å². The maximum absolute atomic E-state index is 12.9. The predicted octanol–water partition coefficient (Wildman–Crippen LogP) is 4.49. The summed E-state index contributed by atoms with van der Waals surface area (Å²) in [4.78, 5) is 77.3. The Hall–Kier alpha value is -1.12. The Kier molecular flexibility index (Phi) is 19.4. The molecule has 0 radical (unpaired) electrons. The second-order valence-electron chi connectivity index (χ2n) is 16.3. The fourth-order valence-electron chi connectivity index (χ4n) is 3.36. The van der Waals surface area contributed by atoms with Crippen molar-refractivity contribution in [3.05, 3.63) is 0 Å². The van der Waals surface area contributed by atoms with Crippen LogP contribution in [0.25, 0.3) is 0 Å². The Labute approximate surface area is 346 Å². The minimum Gasteiger partial charge on any atom is -0.464 e. The maximum atomic E-state index is 12.9. The zero-order valence-electron chi connectivity index (χ0n) is 32.6. The van der Waals surface area contributed by atoms with Gasteiger partial charge in [-0.1, -0.05) is 0 Å². The van der Waals surface area contributed by atoms with Gasteiger partial charge in [-0.15, -0.1) is 0 Å². The standard InChI is InChI=1S/C34H58O13S6/c1-27(2,48)21(35)42-15-33(16-43-22(36)28(3,4)49,17-44-23(37)29(5,6)50)13-41-14-34(18-45-24(38)30(7,8)51,19-46-25(39)31(9,10)52)20-47-26(40)32(11,12)53/h48-53H,13-20H2,1-12H3. The van der Waals surface area contributed by atoms with E-state index in [0.29, 0.717) is 0 Å². The summed E-state index contributed by atoms with van der Waals surface area (Å²) in [5, 5.41) is 0. The van der Waals surface area contributed by atoms with Crippen molar-refractivity contribution in [3.63, 3.8) is 0 Å². The molecule has 0 atom stereocenters. The zero-order valence-corrected chi connectivity index (χ0v) is 38.0. The molecule has 0 heterocycles. The van der Waals surface area contributed by atoms with Crippen molar-refractivity contribution in [2.24, 2.45) is 10.8 Å². The number of esters is 6. The first kappa shape index (κ1) is 51.9. The number of rotatable bonds is 22. The number of hydrogen-bond donors (Lipinski definition) is 6. The molecular formula is C34H58O13S6. The number of carbonyl (C=O) groups is 6. The van der Waals surface area contributed by atoms with Crippen LogP contribution in [-0.4, -0.2) is 117 Å². The van der Waals surface area contributed by atoms with Gasteiger partial charge in [0.05, 0.1) is 24.0 Å². The molecular weight excluding hydrogens is 809 g/mol. The summed E-state index contributed by atoms with van der Waals surface area (Å²) in [6.07, 6.45) is 0. The van der Waals surface area contributed by atoms with E-state index in [0.717, 1.165) is 0 Å². The average molecular weight is 867 g/mol. The molecule has 0 aromatic carbocycles. The van der Waals surface area contributed by atoms with Gasteiger partial charge in [-0.3, -0.25) is 28.8 Å².